The number of hydrazone groups is 1. The summed E-state index contributed by atoms with van der Waals surface area (Å²) in [6, 6.07) is 8.17. The second-order valence-corrected chi connectivity index (χ2v) is 3.72. The first-order chi connectivity index (χ1) is 6.86. The van der Waals surface area contributed by atoms with Crippen LogP contribution in [0.3, 0.4) is 0 Å². The molecule has 1 aromatic rings. The topological polar surface area (TPSA) is 41.5 Å². The van der Waals surface area contributed by atoms with Gasteiger partial charge in [-0.3, -0.25) is 4.79 Å². The minimum atomic E-state index is -0.00935. The molecule has 0 fully saturated rings. The summed E-state index contributed by atoms with van der Waals surface area (Å²) in [6.07, 6.45) is 1.87. The van der Waals surface area contributed by atoms with Gasteiger partial charge in [-0.25, -0.2) is 5.43 Å². The highest BCUT2D eigenvalue weighted by molar-refractivity contribution is 6.17. The van der Waals surface area contributed by atoms with E-state index in [0.29, 0.717) is 0 Å². The molecule has 1 aliphatic carbocycles. The smallest absolute Gasteiger partial charge is 0.249 e. The lowest BCUT2D eigenvalue weighted by molar-refractivity contribution is -0.122. The Hall–Kier alpha value is -1.64. The van der Waals surface area contributed by atoms with Gasteiger partial charge < -0.3 is 0 Å². The molecule has 3 nitrogen and oxygen atoms in total. The van der Waals surface area contributed by atoms with E-state index in [-0.39, 0.29) is 11.8 Å². The molecule has 0 saturated heterocycles. The Bertz CT molecular complexity index is 437. The third-order valence-corrected chi connectivity index (χ3v) is 2.93. The molecule has 0 radical (unpaired) electrons. The predicted molar refractivity (Wildman–Crippen MR) is 52.9 cm³/mol. The maximum atomic E-state index is 11.4. The highest BCUT2D eigenvalue weighted by Gasteiger charge is 2.34. The van der Waals surface area contributed by atoms with Crippen LogP contribution in [0, 0.1) is 5.92 Å². The highest BCUT2D eigenvalue weighted by Crippen LogP contribution is 2.28. The van der Waals surface area contributed by atoms with E-state index in [1.807, 2.05) is 18.2 Å². The number of hydrogen-bond acceptors (Lipinski definition) is 2. The second kappa shape index (κ2) is 2.67. The van der Waals surface area contributed by atoms with E-state index in [1.54, 1.807) is 0 Å². The van der Waals surface area contributed by atoms with Crippen molar-refractivity contribution < 1.29 is 4.79 Å². The number of aryl methyl sites for hydroxylation is 1. The molecule has 1 atom stereocenters. The maximum absolute atomic E-state index is 11.4. The van der Waals surface area contributed by atoms with Gasteiger partial charge in [-0.15, -0.1) is 0 Å². The molecule has 0 aromatic heterocycles. The molecule has 1 unspecified atom stereocenters. The molecular weight excluding hydrogens is 176 g/mol. The molecule has 0 saturated carbocycles. The van der Waals surface area contributed by atoms with Crippen LogP contribution in [0.15, 0.2) is 29.4 Å². The summed E-state index contributed by atoms with van der Waals surface area (Å²) >= 11 is 0. The van der Waals surface area contributed by atoms with Crippen molar-refractivity contribution in [2.24, 2.45) is 11.0 Å². The number of amides is 1. The Balaban J connectivity index is 2.15. The van der Waals surface area contributed by atoms with Crippen LogP contribution in [0.25, 0.3) is 0 Å². The van der Waals surface area contributed by atoms with Crippen molar-refractivity contribution in [3.05, 3.63) is 35.4 Å². The van der Waals surface area contributed by atoms with E-state index in [0.717, 1.165) is 24.1 Å². The lowest BCUT2D eigenvalue weighted by atomic mass is 9.82. The molecule has 2 aliphatic rings. The molecule has 1 aromatic carbocycles. The molecule has 70 valence electrons. The molecule has 1 heterocycles. The minimum absolute atomic E-state index is 0.00935. The number of benzene rings is 1. The molecule has 1 amide bonds. The van der Waals surface area contributed by atoms with Crippen molar-refractivity contribution in [1.29, 1.82) is 0 Å². The van der Waals surface area contributed by atoms with Crippen molar-refractivity contribution in [1.82, 2.24) is 5.43 Å². The minimum Gasteiger partial charge on any atom is -0.272 e. The Morgan fingerprint density at radius 3 is 3.14 bits per heavy atom. The average molecular weight is 186 g/mol. The van der Waals surface area contributed by atoms with Crippen LogP contribution in [0.2, 0.25) is 0 Å². The van der Waals surface area contributed by atoms with Crippen molar-refractivity contribution in [3.63, 3.8) is 0 Å². The Labute approximate surface area is 81.8 Å². The lowest BCUT2D eigenvalue weighted by Crippen LogP contribution is -2.27. The van der Waals surface area contributed by atoms with Gasteiger partial charge in [0.15, 0.2) is 0 Å². The standard InChI is InChI=1S/C11H10N2O/c14-11-9-6-5-7-3-1-2-4-8(7)10(9)12-13-11/h1-4,9H,5-6H2,(H,13,14). The predicted octanol–water partition coefficient (Wildman–Crippen LogP) is 1.08. The van der Waals surface area contributed by atoms with Gasteiger partial charge in [0.1, 0.15) is 0 Å². The molecule has 3 heteroatoms. The third kappa shape index (κ3) is 0.923. The fourth-order valence-corrected chi connectivity index (χ4v) is 2.20. The quantitative estimate of drug-likeness (QED) is 0.647. The maximum Gasteiger partial charge on any atom is 0.249 e. The van der Waals surface area contributed by atoms with Gasteiger partial charge in [0.2, 0.25) is 5.91 Å². The zero-order valence-electron chi connectivity index (χ0n) is 7.66. The zero-order chi connectivity index (χ0) is 9.54. The Morgan fingerprint density at radius 2 is 2.21 bits per heavy atom. The first-order valence-electron chi connectivity index (χ1n) is 4.82. The van der Waals surface area contributed by atoms with Crippen molar-refractivity contribution >= 4 is 11.6 Å². The molecule has 1 aliphatic heterocycles. The Kier molecular flexibility index (Phi) is 1.48. The summed E-state index contributed by atoms with van der Waals surface area (Å²) in [7, 11) is 0. The fourth-order valence-electron chi connectivity index (χ4n) is 2.20. The highest BCUT2D eigenvalue weighted by atomic mass is 16.2. The number of rotatable bonds is 0. The fraction of sp³-hybridized carbons (Fsp3) is 0.273. The molecule has 0 spiro atoms. The van der Waals surface area contributed by atoms with E-state index in [2.05, 4.69) is 16.6 Å². The summed E-state index contributed by atoms with van der Waals surface area (Å²) in [5.74, 6) is 0.0411. The van der Waals surface area contributed by atoms with E-state index >= 15 is 0 Å². The van der Waals surface area contributed by atoms with E-state index in [4.69, 9.17) is 0 Å². The molecule has 3 rings (SSSR count). The summed E-state index contributed by atoms with van der Waals surface area (Å²) in [5, 5.41) is 4.10. The van der Waals surface area contributed by atoms with Crippen molar-refractivity contribution in [3.8, 4) is 0 Å². The number of nitrogens with zero attached hydrogens (tertiary/aromatic N) is 1. The van der Waals surface area contributed by atoms with Crippen molar-refractivity contribution in [2.75, 3.05) is 0 Å². The second-order valence-electron chi connectivity index (χ2n) is 3.72. The number of carbonyl (C=O) groups excluding carboxylic acids is 1. The lowest BCUT2D eigenvalue weighted by Gasteiger charge is -2.19. The van der Waals surface area contributed by atoms with Crippen LogP contribution < -0.4 is 5.43 Å². The van der Waals surface area contributed by atoms with Gasteiger partial charge in [0.05, 0.1) is 11.6 Å². The first kappa shape index (κ1) is 7.74. The van der Waals surface area contributed by atoms with Gasteiger partial charge in [0.25, 0.3) is 0 Å². The van der Waals surface area contributed by atoms with E-state index < -0.39 is 0 Å². The van der Waals surface area contributed by atoms with Gasteiger partial charge in [-0.1, -0.05) is 24.3 Å². The van der Waals surface area contributed by atoms with E-state index in [9.17, 15) is 4.79 Å². The van der Waals surface area contributed by atoms with Crippen molar-refractivity contribution in [2.45, 2.75) is 12.8 Å². The monoisotopic (exact) mass is 186 g/mol. The van der Waals surface area contributed by atoms with Crippen LogP contribution in [0.5, 0.6) is 0 Å². The van der Waals surface area contributed by atoms with Gasteiger partial charge >= 0.3 is 0 Å². The van der Waals surface area contributed by atoms with Gasteiger partial charge in [-0.05, 0) is 18.4 Å². The van der Waals surface area contributed by atoms with Crippen LogP contribution >= 0.6 is 0 Å². The number of fused-ring (bicyclic) bond motifs is 3. The number of hydrogen-bond donors (Lipinski definition) is 1. The molecule has 14 heavy (non-hydrogen) atoms. The van der Waals surface area contributed by atoms with Crippen LogP contribution in [-0.2, 0) is 11.2 Å². The Morgan fingerprint density at radius 1 is 1.36 bits per heavy atom. The zero-order valence-corrected chi connectivity index (χ0v) is 7.66. The van der Waals surface area contributed by atoms with Gasteiger partial charge in [-0.2, -0.15) is 5.10 Å². The largest absolute Gasteiger partial charge is 0.272 e. The number of nitrogens with one attached hydrogen (secondary N) is 1. The van der Waals surface area contributed by atoms with Crippen LogP contribution in [0.4, 0.5) is 0 Å². The summed E-state index contributed by atoms with van der Waals surface area (Å²) in [4.78, 5) is 11.4. The first-order valence-corrected chi connectivity index (χ1v) is 4.82. The van der Waals surface area contributed by atoms with E-state index in [1.165, 1.54) is 5.56 Å². The SMILES string of the molecule is O=C1NN=C2c3ccccc3CCC12. The number of carbonyl (C=O) groups is 1. The molecular formula is C11H10N2O. The third-order valence-electron chi connectivity index (χ3n) is 2.93. The van der Waals surface area contributed by atoms with Crippen LogP contribution in [-0.4, -0.2) is 11.6 Å². The summed E-state index contributed by atoms with van der Waals surface area (Å²) in [5.41, 5.74) is 5.92. The van der Waals surface area contributed by atoms with Crippen LogP contribution in [0.1, 0.15) is 17.5 Å². The normalized spacial score (nSPS) is 23.6. The molecule has 1 N–H and O–H groups in total. The summed E-state index contributed by atoms with van der Waals surface area (Å²) < 4.78 is 0. The van der Waals surface area contributed by atoms with Gasteiger partial charge in [0, 0.05) is 5.56 Å². The molecule has 0 bridgehead atoms. The summed E-state index contributed by atoms with van der Waals surface area (Å²) in [6.45, 7) is 0. The average Bonchev–Trinajstić information content (AvgIpc) is 2.61.